The molecule has 2 fully saturated rings. The van der Waals surface area contributed by atoms with E-state index in [4.69, 9.17) is 0 Å². The zero-order valence-electron chi connectivity index (χ0n) is 11.0. The van der Waals surface area contributed by atoms with Crippen LogP contribution >= 0.6 is 0 Å². The van der Waals surface area contributed by atoms with Crippen molar-refractivity contribution >= 4 is 5.91 Å². The third-order valence-electron chi connectivity index (χ3n) is 4.34. The Balaban J connectivity index is 1.63. The number of amides is 1. The Morgan fingerprint density at radius 3 is 2.95 bits per heavy atom. The molecule has 2 aliphatic rings. The fourth-order valence-corrected chi connectivity index (χ4v) is 3.29. The maximum absolute atomic E-state index is 13.2. The molecule has 4 heteroatoms. The lowest BCUT2D eigenvalue weighted by Gasteiger charge is -2.22. The van der Waals surface area contributed by atoms with Gasteiger partial charge in [-0.1, -0.05) is 12.1 Å². The van der Waals surface area contributed by atoms with E-state index in [1.165, 1.54) is 18.6 Å². The van der Waals surface area contributed by atoms with Crippen LogP contribution in [0.1, 0.15) is 37.8 Å². The van der Waals surface area contributed by atoms with E-state index in [2.05, 4.69) is 10.6 Å². The number of hydrogen-bond donors (Lipinski definition) is 2. The molecule has 0 aliphatic carbocycles. The Labute approximate surface area is 112 Å². The van der Waals surface area contributed by atoms with Gasteiger partial charge in [-0.05, 0) is 43.9 Å². The van der Waals surface area contributed by atoms with Crippen molar-refractivity contribution in [2.24, 2.45) is 5.92 Å². The summed E-state index contributed by atoms with van der Waals surface area (Å²) in [5.74, 6) is -0.0913. The first-order valence-corrected chi connectivity index (χ1v) is 6.95. The van der Waals surface area contributed by atoms with Crippen molar-refractivity contribution in [2.75, 3.05) is 0 Å². The minimum Gasteiger partial charge on any atom is -0.349 e. The predicted octanol–water partition coefficient (Wildman–Crippen LogP) is 2.14. The number of carbonyl (C=O) groups is 1. The first-order valence-electron chi connectivity index (χ1n) is 6.95. The number of nitrogens with one attached hydrogen (secondary N) is 2. The SMILES string of the molecule is CC(NC(=O)C1CC2CCC1N2)c1cccc(F)c1. The fraction of sp³-hybridized carbons (Fsp3) is 0.533. The van der Waals surface area contributed by atoms with E-state index in [-0.39, 0.29) is 23.7 Å². The van der Waals surface area contributed by atoms with Crippen LogP contribution in [0, 0.1) is 11.7 Å². The van der Waals surface area contributed by atoms with Crippen LogP contribution in [0.5, 0.6) is 0 Å². The topological polar surface area (TPSA) is 41.1 Å². The molecule has 0 saturated carbocycles. The van der Waals surface area contributed by atoms with Crippen molar-refractivity contribution < 1.29 is 9.18 Å². The molecule has 1 aromatic carbocycles. The summed E-state index contributed by atoms with van der Waals surface area (Å²) in [4.78, 5) is 12.3. The lowest BCUT2D eigenvalue weighted by molar-refractivity contribution is -0.126. The maximum atomic E-state index is 13.2. The summed E-state index contributed by atoms with van der Waals surface area (Å²) >= 11 is 0. The predicted molar refractivity (Wildman–Crippen MR) is 71.0 cm³/mol. The van der Waals surface area contributed by atoms with E-state index < -0.39 is 0 Å². The molecule has 2 bridgehead atoms. The Bertz CT molecular complexity index is 491. The smallest absolute Gasteiger partial charge is 0.225 e. The van der Waals surface area contributed by atoms with E-state index in [0.29, 0.717) is 12.1 Å². The molecule has 2 saturated heterocycles. The Kier molecular flexibility index (Phi) is 3.27. The van der Waals surface area contributed by atoms with Crippen molar-refractivity contribution in [2.45, 2.75) is 44.3 Å². The van der Waals surface area contributed by atoms with E-state index >= 15 is 0 Å². The van der Waals surface area contributed by atoms with Crippen LogP contribution in [-0.2, 0) is 4.79 Å². The largest absolute Gasteiger partial charge is 0.349 e. The molecule has 2 aliphatic heterocycles. The first kappa shape index (κ1) is 12.6. The van der Waals surface area contributed by atoms with Gasteiger partial charge in [0.1, 0.15) is 5.82 Å². The normalized spacial score (nSPS) is 30.3. The molecule has 2 heterocycles. The van der Waals surface area contributed by atoms with Gasteiger partial charge >= 0.3 is 0 Å². The lowest BCUT2D eigenvalue weighted by Crippen LogP contribution is -2.38. The second-order valence-corrected chi connectivity index (χ2v) is 5.67. The number of rotatable bonds is 3. The molecule has 1 amide bonds. The van der Waals surface area contributed by atoms with Gasteiger partial charge in [-0.15, -0.1) is 0 Å². The third-order valence-corrected chi connectivity index (χ3v) is 4.34. The summed E-state index contributed by atoms with van der Waals surface area (Å²) in [6.07, 6.45) is 3.22. The lowest BCUT2D eigenvalue weighted by atomic mass is 9.88. The van der Waals surface area contributed by atoms with Crippen molar-refractivity contribution in [1.82, 2.24) is 10.6 Å². The molecule has 1 aromatic rings. The number of hydrogen-bond acceptors (Lipinski definition) is 2. The van der Waals surface area contributed by atoms with Crippen LogP contribution < -0.4 is 10.6 Å². The quantitative estimate of drug-likeness (QED) is 0.876. The van der Waals surface area contributed by atoms with Gasteiger partial charge in [-0.3, -0.25) is 4.79 Å². The summed E-state index contributed by atoms with van der Waals surface area (Å²) < 4.78 is 13.2. The zero-order chi connectivity index (χ0) is 13.4. The van der Waals surface area contributed by atoms with Crippen LogP contribution in [0.2, 0.25) is 0 Å². The van der Waals surface area contributed by atoms with Gasteiger partial charge in [-0.25, -0.2) is 4.39 Å². The molecular weight excluding hydrogens is 243 g/mol. The Morgan fingerprint density at radius 1 is 1.47 bits per heavy atom. The molecule has 102 valence electrons. The van der Waals surface area contributed by atoms with Crippen LogP contribution in [0.15, 0.2) is 24.3 Å². The molecule has 4 unspecified atom stereocenters. The van der Waals surface area contributed by atoms with Crippen LogP contribution in [0.3, 0.4) is 0 Å². The third kappa shape index (κ3) is 2.50. The van der Waals surface area contributed by atoms with Gasteiger partial charge in [0.15, 0.2) is 0 Å². The average molecular weight is 262 g/mol. The fourth-order valence-electron chi connectivity index (χ4n) is 3.29. The molecule has 19 heavy (non-hydrogen) atoms. The van der Waals surface area contributed by atoms with E-state index in [0.717, 1.165) is 18.4 Å². The van der Waals surface area contributed by atoms with Crippen LogP contribution in [0.25, 0.3) is 0 Å². The molecule has 2 N–H and O–H groups in total. The average Bonchev–Trinajstić information content (AvgIpc) is 3.00. The minimum absolute atomic E-state index is 0.0785. The second kappa shape index (κ2) is 4.93. The van der Waals surface area contributed by atoms with Gasteiger partial charge in [0.25, 0.3) is 0 Å². The summed E-state index contributed by atoms with van der Waals surface area (Å²) in [7, 11) is 0. The Morgan fingerprint density at radius 2 is 2.32 bits per heavy atom. The van der Waals surface area contributed by atoms with Gasteiger partial charge in [0.05, 0.1) is 12.0 Å². The summed E-state index contributed by atoms with van der Waals surface area (Å²) in [6, 6.07) is 7.11. The molecule has 3 rings (SSSR count). The molecule has 0 radical (unpaired) electrons. The number of halogens is 1. The number of carbonyl (C=O) groups excluding carboxylic acids is 1. The highest BCUT2D eigenvalue weighted by atomic mass is 19.1. The summed E-state index contributed by atoms with van der Waals surface area (Å²) in [5, 5.41) is 6.46. The van der Waals surface area contributed by atoms with Gasteiger partial charge in [-0.2, -0.15) is 0 Å². The first-order chi connectivity index (χ1) is 9.13. The van der Waals surface area contributed by atoms with Gasteiger partial charge in [0.2, 0.25) is 5.91 Å². The molecular formula is C15H19FN2O. The monoisotopic (exact) mass is 262 g/mol. The minimum atomic E-state index is -0.264. The number of benzene rings is 1. The van der Waals surface area contributed by atoms with Crippen LogP contribution in [-0.4, -0.2) is 18.0 Å². The standard InChI is InChI=1S/C15H19FN2O/c1-9(10-3-2-4-11(16)7-10)17-15(19)13-8-12-5-6-14(13)18-12/h2-4,7,9,12-14,18H,5-6,8H2,1H3,(H,17,19). The highest BCUT2D eigenvalue weighted by Crippen LogP contribution is 2.33. The zero-order valence-corrected chi connectivity index (χ0v) is 11.0. The van der Waals surface area contributed by atoms with Crippen molar-refractivity contribution in [1.29, 1.82) is 0 Å². The molecule has 4 atom stereocenters. The second-order valence-electron chi connectivity index (χ2n) is 5.67. The van der Waals surface area contributed by atoms with Crippen LogP contribution in [0.4, 0.5) is 4.39 Å². The molecule has 0 spiro atoms. The highest BCUT2D eigenvalue weighted by molar-refractivity contribution is 5.80. The van der Waals surface area contributed by atoms with Gasteiger partial charge in [0, 0.05) is 12.1 Å². The van der Waals surface area contributed by atoms with E-state index in [1.54, 1.807) is 6.07 Å². The summed E-state index contributed by atoms with van der Waals surface area (Å²) in [6.45, 7) is 1.90. The van der Waals surface area contributed by atoms with E-state index in [9.17, 15) is 9.18 Å². The van der Waals surface area contributed by atoms with Crippen molar-refractivity contribution in [3.05, 3.63) is 35.6 Å². The highest BCUT2D eigenvalue weighted by Gasteiger charge is 2.42. The molecule has 0 aromatic heterocycles. The maximum Gasteiger partial charge on any atom is 0.225 e. The van der Waals surface area contributed by atoms with E-state index in [1.807, 2.05) is 13.0 Å². The Hall–Kier alpha value is -1.42. The van der Waals surface area contributed by atoms with Gasteiger partial charge < -0.3 is 10.6 Å². The summed E-state index contributed by atoms with van der Waals surface area (Å²) in [5.41, 5.74) is 0.810. The van der Waals surface area contributed by atoms with Crippen molar-refractivity contribution in [3.63, 3.8) is 0 Å². The van der Waals surface area contributed by atoms with Crippen molar-refractivity contribution in [3.8, 4) is 0 Å². The number of fused-ring (bicyclic) bond motifs is 2. The molecule has 3 nitrogen and oxygen atoms in total.